The Morgan fingerprint density at radius 3 is 2.50 bits per heavy atom. The Kier molecular flexibility index (Phi) is 14.1. The molecular weight excluding hydrogens is 521 g/mol. The van der Waals surface area contributed by atoms with Gasteiger partial charge < -0.3 is 25.4 Å². The largest absolute Gasteiger partial charge is 0.493 e. The van der Waals surface area contributed by atoms with Gasteiger partial charge in [-0.3, -0.25) is 9.69 Å². The van der Waals surface area contributed by atoms with Crippen LogP contribution in [0.4, 0.5) is 0 Å². The molecule has 1 atom stereocenters. The van der Waals surface area contributed by atoms with Crippen molar-refractivity contribution in [2.45, 2.75) is 52.2 Å². The van der Waals surface area contributed by atoms with Crippen LogP contribution in [0.25, 0.3) is 0 Å². The lowest BCUT2D eigenvalue weighted by Gasteiger charge is -2.32. The highest BCUT2D eigenvalue weighted by Gasteiger charge is 2.21. The summed E-state index contributed by atoms with van der Waals surface area (Å²) < 4.78 is 11.3. The smallest absolute Gasteiger partial charge is 0.234 e. The lowest BCUT2D eigenvalue weighted by Crippen LogP contribution is -2.50. The number of guanidine groups is 1. The van der Waals surface area contributed by atoms with Gasteiger partial charge in [-0.05, 0) is 45.2 Å². The molecule has 1 unspecified atom stereocenters. The van der Waals surface area contributed by atoms with Crippen molar-refractivity contribution in [1.29, 1.82) is 0 Å². The summed E-state index contributed by atoms with van der Waals surface area (Å²) in [5.74, 6) is 2.36. The van der Waals surface area contributed by atoms with Crippen molar-refractivity contribution in [1.82, 2.24) is 20.9 Å². The monoisotopic (exact) mass is 561 g/mol. The molecule has 1 aliphatic heterocycles. The first-order valence-electron chi connectivity index (χ1n) is 11.4. The summed E-state index contributed by atoms with van der Waals surface area (Å²) in [7, 11) is 1.64. The van der Waals surface area contributed by atoms with E-state index in [1.165, 1.54) is 0 Å². The van der Waals surface area contributed by atoms with Crippen LogP contribution in [-0.2, 0) is 4.79 Å². The van der Waals surface area contributed by atoms with Crippen LogP contribution in [0.5, 0.6) is 11.5 Å². The summed E-state index contributed by atoms with van der Waals surface area (Å²) in [5.41, 5.74) is 0. The maximum atomic E-state index is 11.9. The van der Waals surface area contributed by atoms with E-state index in [0.29, 0.717) is 19.1 Å². The fourth-order valence-electron chi connectivity index (χ4n) is 3.46. The highest BCUT2D eigenvalue weighted by atomic mass is 127. The number of ether oxygens (including phenoxy) is 2. The molecule has 0 saturated carbocycles. The molecule has 3 N–H and O–H groups in total. The van der Waals surface area contributed by atoms with Crippen LogP contribution in [-0.4, -0.2) is 75.3 Å². The zero-order valence-electron chi connectivity index (χ0n) is 19.9. The Labute approximate surface area is 209 Å². The van der Waals surface area contributed by atoms with Crippen LogP contribution in [0.2, 0.25) is 0 Å². The number of rotatable bonds is 11. The van der Waals surface area contributed by atoms with E-state index in [-0.39, 0.29) is 36.0 Å². The number of hydrogen-bond acceptors (Lipinski definition) is 5. The number of aliphatic imine (C=N–C) groups is 1. The van der Waals surface area contributed by atoms with E-state index in [4.69, 9.17) is 14.5 Å². The zero-order chi connectivity index (χ0) is 22.5. The molecule has 0 bridgehead atoms. The predicted octanol–water partition coefficient (Wildman–Crippen LogP) is 2.63. The number of nitrogens with zero attached hydrogens (tertiary/aromatic N) is 2. The Hall–Kier alpha value is -1.75. The number of piperidine rings is 1. The minimum Gasteiger partial charge on any atom is -0.493 e. The molecule has 1 aromatic carbocycles. The molecule has 0 radical (unpaired) electrons. The number of carbonyl (C=O) groups is 1. The number of likely N-dealkylation sites (tertiary alicyclic amines) is 1. The zero-order valence-corrected chi connectivity index (χ0v) is 22.2. The second kappa shape index (κ2) is 16.0. The third kappa shape index (κ3) is 10.2. The van der Waals surface area contributed by atoms with E-state index in [9.17, 15) is 4.79 Å². The highest BCUT2D eigenvalue weighted by molar-refractivity contribution is 14.0. The van der Waals surface area contributed by atoms with Crippen LogP contribution in [0.3, 0.4) is 0 Å². The number of benzene rings is 1. The van der Waals surface area contributed by atoms with Gasteiger partial charge in [0.1, 0.15) is 6.10 Å². The Morgan fingerprint density at radius 1 is 1.19 bits per heavy atom. The van der Waals surface area contributed by atoms with E-state index in [1.807, 2.05) is 31.2 Å². The van der Waals surface area contributed by atoms with Gasteiger partial charge in [0, 0.05) is 32.2 Å². The maximum absolute atomic E-state index is 11.9. The number of carbonyl (C=O) groups excluding carboxylic acids is 1. The number of hydrogen-bond donors (Lipinski definition) is 3. The van der Waals surface area contributed by atoms with Gasteiger partial charge >= 0.3 is 0 Å². The molecule has 2 rings (SSSR count). The van der Waals surface area contributed by atoms with Crippen molar-refractivity contribution < 1.29 is 14.3 Å². The molecule has 0 aromatic heterocycles. The van der Waals surface area contributed by atoms with Crippen molar-refractivity contribution in [2.75, 3.05) is 46.4 Å². The van der Waals surface area contributed by atoms with Crippen LogP contribution in [0.15, 0.2) is 29.3 Å². The average molecular weight is 562 g/mol. The molecule has 1 amide bonds. The van der Waals surface area contributed by atoms with Gasteiger partial charge in [-0.25, -0.2) is 4.99 Å². The topological polar surface area (TPSA) is 87.2 Å². The number of nitrogens with one attached hydrogen (secondary N) is 3. The van der Waals surface area contributed by atoms with E-state index in [2.05, 4.69) is 34.7 Å². The van der Waals surface area contributed by atoms with E-state index >= 15 is 0 Å². The van der Waals surface area contributed by atoms with Gasteiger partial charge in [-0.1, -0.05) is 19.1 Å². The molecule has 9 heteroatoms. The van der Waals surface area contributed by atoms with E-state index in [1.54, 1.807) is 7.11 Å². The third-order valence-corrected chi connectivity index (χ3v) is 5.12. The summed E-state index contributed by atoms with van der Waals surface area (Å²) in [5, 5.41) is 9.80. The van der Waals surface area contributed by atoms with Crippen LogP contribution in [0.1, 0.15) is 40.0 Å². The number of halogens is 1. The maximum Gasteiger partial charge on any atom is 0.234 e. The summed E-state index contributed by atoms with van der Waals surface area (Å²) in [6, 6.07) is 7.98. The summed E-state index contributed by atoms with van der Waals surface area (Å²) in [4.78, 5) is 18.8. The van der Waals surface area contributed by atoms with Gasteiger partial charge in [0.25, 0.3) is 0 Å². The van der Waals surface area contributed by atoms with Gasteiger partial charge in [-0.2, -0.15) is 0 Å². The first-order valence-corrected chi connectivity index (χ1v) is 11.4. The molecule has 8 nitrogen and oxygen atoms in total. The first-order chi connectivity index (χ1) is 15.0. The molecule has 0 aliphatic carbocycles. The molecular formula is C23H40IN5O3. The molecule has 0 spiro atoms. The van der Waals surface area contributed by atoms with Gasteiger partial charge in [0.2, 0.25) is 5.91 Å². The number of para-hydroxylation sites is 2. The van der Waals surface area contributed by atoms with Crippen molar-refractivity contribution in [3.05, 3.63) is 24.3 Å². The number of amides is 1. The van der Waals surface area contributed by atoms with Crippen molar-refractivity contribution in [3.8, 4) is 11.5 Å². The van der Waals surface area contributed by atoms with Crippen molar-refractivity contribution >= 4 is 35.8 Å². The average Bonchev–Trinajstić information content (AvgIpc) is 2.78. The van der Waals surface area contributed by atoms with E-state index in [0.717, 1.165) is 62.9 Å². The van der Waals surface area contributed by atoms with E-state index < -0.39 is 0 Å². The van der Waals surface area contributed by atoms with Crippen molar-refractivity contribution in [2.24, 2.45) is 4.99 Å². The molecule has 1 fully saturated rings. The Morgan fingerprint density at radius 2 is 1.88 bits per heavy atom. The molecule has 182 valence electrons. The summed E-state index contributed by atoms with van der Waals surface area (Å²) in [6.45, 7) is 10.5. The molecule has 1 aromatic rings. The number of methoxy groups -OCH3 is 1. The SMILES string of the molecule is CCCNC(=O)CN1CCC(NC(=NCC(C)Oc2ccccc2OC)NCC)CC1.I. The van der Waals surface area contributed by atoms with Gasteiger partial charge in [0.15, 0.2) is 17.5 Å². The minimum atomic E-state index is -0.0877. The predicted molar refractivity (Wildman–Crippen MR) is 140 cm³/mol. The summed E-state index contributed by atoms with van der Waals surface area (Å²) >= 11 is 0. The minimum absolute atomic E-state index is 0. The molecule has 1 heterocycles. The lowest BCUT2D eigenvalue weighted by atomic mass is 10.1. The lowest BCUT2D eigenvalue weighted by molar-refractivity contribution is -0.122. The summed E-state index contributed by atoms with van der Waals surface area (Å²) in [6.07, 6.45) is 2.85. The van der Waals surface area contributed by atoms with Gasteiger partial charge in [-0.15, -0.1) is 24.0 Å². The highest BCUT2D eigenvalue weighted by Crippen LogP contribution is 2.26. The fraction of sp³-hybridized carbons (Fsp3) is 0.652. The third-order valence-electron chi connectivity index (χ3n) is 5.12. The van der Waals surface area contributed by atoms with Crippen LogP contribution >= 0.6 is 24.0 Å². The quantitative estimate of drug-likeness (QED) is 0.219. The molecule has 1 saturated heterocycles. The van der Waals surface area contributed by atoms with Crippen LogP contribution < -0.4 is 25.4 Å². The fourth-order valence-corrected chi connectivity index (χ4v) is 3.46. The Bertz CT molecular complexity index is 696. The second-order valence-electron chi connectivity index (χ2n) is 7.84. The van der Waals surface area contributed by atoms with Crippen molar-refractivity contribution in [3.63, 3.8) is 0 Å². The van der Waals surface area contributed by atoms with Crippen LogP contribution in [0, 0.1) is 0 Å². The standard InChI is InChI=1S/C23H39N5O3.HI/c1-5-13-25-22(29)17-28-14-11-19(12-15-28)27-23(24-6-2)26-16-18(3)31-21-10-8-7-9-20(21)30-4;/h7-10,18-19H,5-6,11-17H2,1-4H3,(H,25,29)(H2,24,26,27);1H. The molecule has 1 aliphatic rings. The Balaban J connectivity index is 0.00000512. The molecule has 32 heavy (non-hydrogen) atoms. The van der Waals surface area contributed by atoms with Gasteiger partial charge in [0.05, 0.1) is 20.2 Å². The second-order valence-corrected chi connectivity index (χ2v) is 7.84. The first kappa shape index (κ1) is 28.3. The normalized spacial score (nSPS) is 15.9.